The van der Waals surface area contributed by atoms with Crippen LogP contribution >= 0.6 is 22.6 Å². The van der Waals surface area contributed by atoms with Crippen LogP contribution in [0.1, 0.15) is 40.5 Å². The lowest BCUT2D eigenvalue weighted by atomic mass is 10.2. The minimum absolute atomic E-state index is 0.196. The number of nitrogens with zero attached hydrogens (tertiary/aromatic N) is 1. The molecule has 0 spiro atoms. The minimum atomic E-state index is -0.395. The molecule has 0 atom stereocenters. The summed E-state index contributed by atoms with van der Waals surface area (Å²) in [6.45, 7) is 9.18. The minimum Gasteiger partial charge on any atom is -0.444 e. The van der Waals surface area contributed by atoms with Gasteiger partial charge in [0.2, 0.25) is 0 Å². The van der Waals surface area contributed by atoms with Crippen molar-refractivity contribution in [3.8, 4) is 0 Å². The Morgan fingerprint density at radius 3 is 2.33 bits per heavy atom. The number of unbranched alkanes of at least 4 members (excludes halogenated alkanes) is 1. The molecule has 0 N–H and O–H groups in total. The summed E-state index contributed by atoms with van der Waals surface area (Å²) in [7, 11) is 0. The molecule has 0 rings (SSSR count). The van der Waals surface area contributed by atoms with Gasteiger partial charge in [-0.05, 0) is 45.0 Å². The second-order valence-corrected chi connectivity index (χ2v) is 5.53. The van der Waals surface area contributed by atoms with E-state index in [2.05, 4.69) is 22.6 Å². The molecule has 0 aromatic heterocycles. The van der Waals surface area contributed by atoms with E-state index in [1.807, 2.05) is 27.7 Å². The molecule has 0 unspecified atom stereocenters. The van der Waals surface area contributed by atoms with Crippen molar-refractivity contribution >= 4 is 28.7 Å². The number of ether oxygens (including phenoxy) is 1. The van der Waals surface area contributed by atoms with Gasteiger partial charge in [-0.2, -0.15) is 0 Å². The summed E-state index contributed by atoms with van der Waals surface area (Å²) in [4.78, 5) is 13.4. The Balaban J connectivity index is 3.99. The Bertz CT molecular complexity index is 190. The van der Waals surface area contributed by atoms with E-state index >= 15 is 0 Å². The Hall–Kier alpha value is 0. The predicted octanol–water partition coefficient (Wildman–Crippen LogP) is 3.46. The van der Waals surface area contributed by atoms with Gasteiger partial charge in [0, 0.05) is 13.1 Å². The van der Waals surface area contributed by atoms with Crippen molar-refractivity contribution in [1.29, 1.82) is 0 Å². The number of halogens is 1. The van der Waals surface area contributed by atoms with E-state index in [9.17, 15) is 4.79 Å². The highest BCUT2D eigenvalue weighted by Crippen LogP contribution is 2.10. The molecule has 1 amide bonds. The molecule has 0 saturated heterocycles. The average Bonchev–Trinajstić information content (AvgIpc) is 2.09. The summed E-state index contributed by atoms with van der Waals surface area (Å²) < 4.78 is 6.45. The topological polar surface area (TPSA) is 29.5 Å². The van der Waals surface area contributed by atoms with E-state index in [1.165, 1.54) is 0 Å². The largest absolute Gasteiger partial charge is 0.444 e. The SMILES string of the molecule is CCN(CCCCI)C(=O)OC(C)(C)C. The highest BCUT2D eigenvalue weighted by molar-refractivity contribution is 14.1. The maximum Gasteiger partial charge on any atom is 0.410 e. The lowest BCUT2D eigenvalue weighted by molar-refractivity contribution is 0.0258. The fourth-order valence-corrected chi connectivity index (χ4v) is 1.64. The van der Waals surface area contributed by atoms with Gasteiger partial charge >= 0.3 is 6.09 Å². The third-order valence-corrected chi connectivity index (χ3v) is 2.61. The Morgan fingerprint density at radius 2 is 1.93 bits per heavy atom. The summed E-state index contributed by atoms with van der Waals surface area (Å²) >= 11 is 2.35. The first-order valence-corrected chi connectivity index (χ1v) is 6.97. The van der Waals surface area contributed by atoms with Crippen molar-refractivity contribution < 1.29 is 9.53 Å². The van der Waals surface area contributed by atoms with Crippen LogP contribution in [0.4, 0.5) is 4.79 Å². The number of hydrogen-bond donors (Lipinski definition) is 0. The van der Waals surface area contributed by atoms with Crippen LogP contribution in [0.25, 0.3) is 0 Å². The molecule has 0 radical (unpaired) electrons. The first-order valence-electron chi connectivity index (χ1n) is 5.44. The smallest absolute Gasteiger partial charge is 0.410 e. The van der Waals surface area contributed by atoms with E-state index in [0.717, 1.165) is 30.4 Å². The fourth-order valence-electron chi connectivity index (χ4n) is 1.10. The molecule has 3 nitrogen and oxygen atoms in total. The standard InChI is InChI=1S/C11H22INO2/c1-5-13(9-7-6-8-12)10(14)15-11(2,3)4/h5-9H2,1-4H3. The van der Waals surface area contributed by atoms with Crippen LogP contribution in [0.15, 0.2) is 0 Å². The van der Waals surface area contributed by atoms with Gasteiger partial charge in [-0.15, -0.1) is 0 Å². The Morgan fingerprint density at radius 1 is 1.33 bits per heavy atom. The molecule has 0 aliphatic heterocycles. The van der Waals surface area contributed by atoms with Crippen molar-refractivity contribution in [3.63, 3.8) is 0 Å². The van der Waals surface area contributed by atoms with Gasteiger partial charge < -0.3 is 9.64 Å². The molecule has 0 saturated carbocycles. The van der Waals surface area contributed by atoms with Gasteiger partial charge in [0.1, 0.15) is 5.60 Å². The Labute approximate surface area is 107 Å². The highest BCUT2D eigenvalue weighted by Gasteiger charge is 2.20. The molecule has 15 heavy (non-hydrogen) atoms. The van der Waals surface area contributed by atoms with Crippen LogP contribution in [-0.4, -0.2) is 34.1 Å². The van der Waals surface area contributed by atoms with E-state index < -0.39 is 5.60 Å². The van der Waals surface area contributed by atoms with Gasteiger partial charge in [-0.1, -0.05) is 22.6 Å². The Kier molecular flexibility index (Phi) is 7.30. The summed E-state index contributed by atoms with van der Waals surface area (Å²) in [6, 6.07) is 0. The molecule has 0 aliphatic rings. The molecular weight excluding hydrogens is 305 g/mol. The first-order chi connectivity index (χ1) is 6.90. The number of carbonyl (C=O) groups is 1. The lowest BCUT2D eigenvalue weighted by Gasteiger charge is -2.26. The molecule has 0 aromatic rings. The molecule has 0 aromatic carbocycles. The summed E-state index contributed by atoms with van der Waals surface area (Å²) in [6.07, 6.45) is 2.01. The van der Waals surface area contributed by atoms with Gasteiger partial charge in [0.15, 0.2) is 0 Å². The number of carbonyl (C=O) groups excluding carboxylic acids is 1. The molecule has 0 heterocycles. The molecule has 4 heteroatoms. The summed E-state index contributed by atoms with van der Waals surface area (Å²) in [5, 5.41) is 0. The van der Waals surface area contributed by atoms with Crippen LogP contribution in [0.5, 0.6) is 0 Å². The normalized spacial score (nSPS) is 11.3. The molecule has 90 valence electrons. The van der Waals surface area contributed by atoms with Crippen molar-refractivity contribution in [3.05, 3.63) is 0 Å². The molecular formula is C11H22INO2. The highest BCUT2D eigenvalue weighted by atomic mass is 127. The van der Waals surface area contributed by atoms with Crippen molar-refractivity contribution in [2.75, 3.05) is 17.5 Å². The maximum atomic E-state index is 11.7. The second-order valence-electron chi connectivity index (χ2n) is 4.46. The van der Waals surface area contributed by atoms with Gasteiger partial charge in [-0.3, -0.25) is 0 Å². The van der Waals surface area contributed by atoms with Crippen LogP contribution < -0.4 is 0 Å². The van der Waals surface area contributed by atoms with Crippen molar-refractivity contribution in [2.45, 2.75) is 46.1 Å². The van der Waals surface area contributed by atoms with Gasteiger partial charge in [0.05, 0.1) is 0 Å². The molecule has 0 bridgehead atoms. The first kappa shape index (κ1) is 15.0. The van der Waals surface area contributed by atoms with Crippen molar-refractivity contribution in [2.24, 2.45) is 0 Å². The number of alkyl halides is 1. The van der Waals surface area contributed by atoms with Crippen LogP contribution in [0.3, 0.4) is 0 Å². The average molecular weight is 327 g/mol. The summed E-state index contributed by atoms with van der Waals surface area (Å²) in [5.74, 6) is 0. The quantitative estimate of drug-likeness (QED) is 0.440. The number of rotatable bonds is 5. The van der Waals surface area contributed by atoms with E-state index in [4.69, 9.17) is 4.74 Å². The number of amides is 1. The molecule has 0 aliphatic carbocycles. The monoisotopic (exact) mass is 327 g/mol. The second kappa shape index (κ2) is 7.30. The molecule has 0 fully saturated rings. The third-order valence-electron chi connectivity index (χ3n) is 1.85. The third kappa shape index (κ3) is 7.88. The van der Waals surface area contributed by atoms with Crippen molar-refractivity contribution in [1.82, 2.24) is 4.90 Å². The van der Waals surface area contributed by atoms with Crippen LogP contribution in [0.2, 0.25) is 0 Å². The summed E-state index contributed by atoms with van der Waals surface area (Å²) in [5.41, 5.74) is -0.395. The van der Waals surface area contributed by atoms with Gasteiger partial charge in [-0.25, -0.2) is 4.79 Å². The maximum absolute atomic E-state index is 11.7. The lowest BCUT2D eigenvalue weighted by Crippen LogP contribution is -2.37. The van der Waals surface area contributed by atoms with Crippen LogP contribution in [-0.2, 0) is 4.74 Å². The predicted molar refractivity (Wildman–Crippen MR) is 71.6 cm³/mol. The van der Waals surface area contributed by atoms with Crippen LogP contribution in [0, 0.1) is 0 Å². The van der Waals surface area contributed by atoms with E-state index in [0.29, 0.717) is 0 Å². The zero-order chi connectivity index (χ0) is 11.9. The zero-order valence-electron chi connectivity index (χ0n) is 10.2. The zero-order valence-corrected chi connectivity index (χ0v) is 12.3. The van der Waals surface area contributed by atoms with E-state index in [1.54, 1.807) is 4.90 Å². The van der Waals surface area contributed by atoms with Gasteiger partial charge in [0.25, 0.3) is 0 Å². The number of hydrogen-bond acceptors (Lipinski definition) is 2. The van der Waals surface area contributed by atoms with E-state index in [-0.39, 0.29) is 6.09 Å². The fraction of sp³-hybridized carbons (Fsp3) is 0.909.